The SMILES string of the molecule is O=C[C@H]1CC[C@](C=O)(c2ccccc2)OO1. The lowest BCUT2D eigenvalue weighted by Crippen LogP contribution is -2.39. The molecule has 0 amide bonds. The molecule has 0 aliphatic carbocycles. The summed E-state index contributed by atoms with van der Waals surface area (Å²) in [6.45, 7) is 0. The van der Waals surface area contributed by atoms with Crippen LogP contribution in [0.5, 0.6) is 0 Å². The van der Waals surface area contributed by atoms with Crippen LogP contribution < -0.4 is 0 Å². The molecule has 2 atom stereocenters. The van der Waals surface area contributed by atoms with Crippen molar-refractivity contribution in [1.29, 1.82) is 0 Å². The summed E-state index contributed by atoms with van der Waals surface area (Å²) < 4.78 is 0. The smallest absolute Gasteiger partial charge is 0.183 e. The van der Waals surface area contributed by atoms with Crippen LogP contribution in [0.3, 0.4) is 0 Å². The van der Waals surface area contributed by atoms with Crippen LogP contribution in [0.4, 0.5) is 0 Å². The van der Waals surface area contributed by atoms with Crippen molar-refractivity contribution in [2.75, 3.05) is 0 Å². The Kier molecular flexibility index (Phi) is 3.12. The molecule has 0 saturated carbocycles. The topological polar surface area (TPSA) is 52.6 Å². The first-order valence-corrected chi connectivity index (χ1v) is 5.12. The normalized spacial score (nSPS) is 29.6. The zero-order valence-electron chi connectivity index (χ0n) is 8.67. The van der Waals surface area contributed by atoms with Gasteiger partial charge in [0, 0.05) is 0 Å². The van der Waals surface area contributed by atoms with Crippen LogP contribution in [-0.4, -0.2) is 18.7 Å². The molecule has 0 radical (unpaired) electrons. The summed E-state index contributed by atoms with van der Waals surface area (Å²) in [6, 6.07) is 9.13. The largest absolute Gasteiger partial charge is 0.300 e. The standard InChI is InChI=1S/C12H12O4/c13-8-11-6-7-12(9-14,16-15-11)10-4-2-1-3-5-10/h1-5,8-9,11H,6-7H2/t11-,12+/m1/s1. The van der Waals surface area contributed by atoms with E-state index in [1.807, 2.05) is 18.2 Å². The summed E-state index contributed by atoms with van der Waals surface area (Å²) in [5.74, 6) is 0. The van der Waals surface area contributed by atoms with Gasteiger partial charge in [0.25, 0.3) is 0 Å². The summed E-state index contributed by atoms with van der Waals surface area (Å²) in [7, 11) is 0. The van der Waals surface area contributed by atoms with Crippen molar-refractivity contribution in [2.24, 2.45) is 0 Å². The molecule has 1 aliphatic heterocycles. The van der Waals surface area contributed by atoms with Crippen LogP contribution in [0, 0.1) is 0 Å². The molecule has 0 N–H and O–H groups in total. The number of hydrogen-bond acceptors (Lipinski definition) is 4. The molecule has 0 aromatic heterocycles. The summed E-state index contributed by atoms with van der Waals surface area (Å²) in [5, 5.41) is 0. The van der Waals surface area contributed by atoms with Gasteiger partial charge in [-0.25, -0.2) is 9.78 Å². The molecular weight excluding hydrogens is 208 g/mol. The van der Waals surface area contributed by atoms with E-state index in [1.54, 1.807) is 12.1 Å². The van der Waals surface area contributed by atoms with Crippen LogP contribution in [0.15, 0.2) is 30.3 Å². The van der Waals surface area contributed by atoms with Crippen LogP contribution >= 0.6 is 0 Å². The molecule has 1 aromatic carbocycles. The molecule has 0 unspecified atom stereocenters. The molecule has 1 heterocycles. The molecule has 1 aromatic rings. The molecule has 4 heteroatoms. The van der Waals surface area contributed by atoms with Crippen molar-refractivity contribution in [1.82, 2.24) is 0 Å². The number of benzene rings is 1. The van der Waals surface area contributed by atoms with Gasteiger partial charge in [-0.1, -0.05) is 30.3 Å². The van der Waals surface area contributed by atoms with E-state index >= 15 is 0 Å². The Balaban J connectivity index is 2.22. The highest BCUT2D eigenvalue weighted by atomic mass is 17.2. The second kappa shape index (κ2) is 4.55. The molecule has 0 bridgehead atoms. The highest BCUT2D eigenvalue weighted by Gasteiger charge is 2.39. The first-order valence-electron chi connectivity index (χ1n) is 5.12. The minimum atomic E-state index is -1.07. The average molecular weight is 220 g/mol. The highest BCUT2D eigenvalue weighted by Crippen LogP contribution is 2.34. The Labute approximate surface area is 93.1 Å². The highest BCUT2D eigenvalue weighted by molar-refractivity contribution is 5.66. The summed E-state index contributed by atoms with van der Waals surface area (Å²) in [4.78, 5) is 31.7. The van der Waals surface area contributed by atoms with Crippen molar-refractivity contribution in [3.8, 4) is 0 Å². The predicted octanol–water partition coefficient (Wildman–Crippen LogP) is 1.39. The van der Waals surface area contributed by atoms with Gasteiger partial charge in [-0.15, -0.1) is 0 Å². The summed E-state index contributed by atoms with van der Waals surface area (Å²) in [5.41, 5.74) is -0.324. The van der Waals surface area contributed by atoms with E-state index in [4.69, 9.17) is 9.78 Å². The number of hydrogen-bond donors (Lipinski definition) is 0. The van der Waals surface area contributed by atoms with E-state index < -0.39 is 11.7 Å². The second-order valence-electron chi connectivity index (χ2n) is 3.77. The quantitative estimate of drug-likeness (QED) is 0.570. The molecule has 16 heavy (non-hydrogen) atoms. The van der Waals surface area contributed by atoms with Gasteiger partial charge in [0.15, 0.2) is 18.2 Å². The first-order chi connectivity index (χ1) is 7.80. The van der Waals surface area contributed by atoms with Crippen LogP contribution in [0.25, 0.3) is 0 Å². The third kappa shape index (κ3) is 1.89. The Hall–Kier alpha value is -1.52. The number of aldehydes is 2. The lowest BCUT2D eigenvalue weighted by molar-refractivity contribution is -0.389. The number of rotatable bonds is 3. The fourth-order valence-electron chi connectivity index (χ4n) is 1.74. The molecule has 0 spiro atoms. The first kappa shape index (κ1) is 11.0. The van der Waals surface area contributed by atoms with Crippen molar-refractivity contribution in [3.05, 3.63) is 35.9 Å². The maximum absolute atomic E-state index is 11.2. The van der Waals surface area contributed by atoms with Gasteiger partial charge in [0.2, 0.25) is 0 Å². The second-order valence-corrected chi connectivity index (χ2v) is 3.77. The Morgan fingerprint density at radius 1 is 1.25 bits per heavy atom. The third-order valence-electron chi connectivity index (χ3n) is 2.73. The van der Waals surface area contributed by atoms with E-state index in [1.165, 1.54) is 0 Å². The molecule has 1 saturated heterocycles. The molecule has 1 fully saturated rings. The predicted molar refractivity (Wildman–Crippen MR) is 55.4 cm³/mol. The Morgan fingerprint density at radius 2 is 2.00 bits per heavy atom. The molecular formula is C12H12O4. The monoisotopic (exact) mass is 220 g/mol. The maximum atomic E-state index is 11.2. The van der Waals surface area contributed by atoms with Gasteiger partial charge < -0.3 is 4.79 Å². The summed E-state index contributed by atoms with van der Waals surface area (Å²) in [6.07, 6.45) is 1.77. The minimum Gasteiger partial charge on any atom is -0.300 e. The van der Waals surface area contributed by atoms with Crippen LogP contribution in [0.2, 0.25) is 0 Å². The van der Waals surface area contributed by atoms with Crippen LogP contribution in [0.1, 0.15) is 18.4 Å². The van der Waals surface area contributed by atoms with Gasteiger partial charge in [-0.3, -0.25) is 4.79 Å². The van der Waals surface area contributed by atoms with Crippen LogP contribution in [-0.2, 0) is 25.0 Å². The van der Waals surface area contributed by atoms with E-state index in [9.17, 15) is 9.59 Å². The van der Waals surface area contributed by atoms with Crippen molar-refractivity contribution in [3.63, 3.8) is 0 Å². The van der Waals surface area contributed by atoms with Gasteiger partial charge in [-0.05, 0) is 18.4 Å². The zero-order valence-corrected chi connectivity index (χ0v) is 8.67. The van der Waals surface area contributed by atoms with E-state index in [0.717, 1.165) is 11.8 Å². The maximum Gasteiger partial charge on any atom is 0.183 e. The molecule has 1 aliphatic rings. The molecule has 4 nitrogen and oxygen atoms in total. The Bertz CT molecular complexity index is 366. The van der Waals surface area contributed by atoms with Crippen molar-refractivity contribution >= 4 is 12.6 Å². The van der Waals surface area contributed by atoms with E-state index in [-0.39, 0.29) is 0 Å². The Morgan fingerprint density at radius 3 is 2.50 bits per heavy atom. The van der Waals surface area contributed by atoms with Crippen molar-refractivity contribution < 1.29 is 19.4 Å². The van der Waals surface area contributed by atoms with E-state index in [2.05, 4.69) is 0 Å². The van der Waals surface area contributed by atoms with E-state index in [0.29, 0.717) is 19.1 Å². The molecule has 2 rings (SSSR count). The van der Waals surface area contributed by atoms with Gasteiger partial charge in [0.05, 0.1) is 0 Å². The molecule has 84 valence electrons. The number of carbonyl (C=O) groups is 2. The van der Waals surface area contributed by atoms with Crippen molar-refractivity contribution in [2.45, 2.75) is 24.5 Å². The zero-order chi connectivity index (χ0) is 11.4. The van der Waals surface area contributed by atoms with Gasteiger partial charge >= 0.3 is 0 Å². The average Bonchev–Trinajstić information content (AvgIpc) is 2.40. The fraction of sp³-hybridized carbons (Fsp3) is 0.333. The fourth-order valence-corrected chi connectivity index (χ4v) is 1.74. The third-order valence-corrected chi connectivity index (χ3v) is 2.73. The van der Waals surface area contributed by atoms with Gasteiger partial charge in [-0.2, -0.15) is 0 Å². The lowest BCUT2D eigenvalue weighted by atomic mass is 9.89. The van der Waals surface area contributed by atoms with Gasteiger partial charge in [0.1, 0.15) is 6.10 Å². The number of carbonyl (C=O) groups excluding carboxylic acids is 2. The lowest BCUT2D eigenvalue weighted by Gasteiger charge is -2.33. The summed E-state index contributed by atoms with van der Waals surface area (Å²) >= 11 is 0. The minimum absolute atomic E-state index is 0.448.